The zero-order valence-electron chi connectivity index (χ0n) is 6.25. The Morgan fingerprint density at radius 2 is 2.40 bits per heavy atom. The Balaban J connectivity index is 2.59. The first-order valence-corrected chi connectivity index (χ1v) is 3.62. The highest BCUT2D eigenvalue weighted by molar-refractivity contribution is 5.09. The molecular formula is C8H13NO. The normalized spacial score (nSPS) is 10.2. The van der Waals surface area contributed by atoms with Gasteiger partial charge < -0.3 is 9.67 Å². The van der Waals surface area contributed by atoms with E-state index in [1.165, 1.54) is 5.56 Å². The number of hydrogen-bond donors (Lipinski definition) is 1. The van der Waals surface area contributed by atoms with Gasteiger partial charge in [0.25, 0.3) is 0 Å². The van der Waals surface area contributed by atoms with E-state index in [0.717, 1.165) is 6.42 Å². The third-order valence-corrected chi connectivity index (χ3v) is 1.58. The molecule has 2 nitrogen and oxygen atoms in total. The fourth-order valence-electron chi connectivity index (χ4n) is 0.954. The van der Waals surface area contributed by atoms with Gasteiger partial charge in [0.2, 0.25) is 0 Å². The molecule has 1 aromatic heterocycles. The first-order valence-electron chi connectivity index (χ1n) is 3.62. The summed E-state index contributed by atoms with van der Waals surface area (Å²) in [5.74, 6) is 0. The zero-order chi connectivity index (χ0) is 7.40. The Kier molecular flexibility index (Phi) is 2.51. The molecule has 0 fully saturated rings. The van der Waals surface area contributed by atoms with Gasteiger partial charge >= 0.3 is 0 Å². The Morgan fingerprint density at radius 1 is 1.60 bits per heavy atom. The standard InChI is InChI=1S/C8H13NO/c1-2-8-3-4-9(7-8)5-6-10/h3-4,7,10H,2,5-6H2,1H3. The zero-order valence-corrected chi connectivity index (χ0v) is 6.25. The molecule has 0 amide bonds. The molecule has 0 bridgehead atoms. The van der Waals surface area contributed by atoms with Crippen molar-refractivity contribution in [2.24, 2.45) is 0 Å². The number of aromatic nitrogens is 1. The van der Waals surface area contributed by atoms with E-state index in [4.69, 9.17) is 5.11 Å². The minimum absolute atomic E-state index is 0.220. The fraction of sp³-hybridized carbons (Fsp3) is 0.500. The second-order valence-corrected chi connectivity index (χ2v) is 2.33. The Hall–Kier alpha value is -0.760. The van der Waals surface area contributed by atoms with Crippen molar-refractivity contribution in [1.82, 2.24) is 4.57 Å². The summed E-state index contributed by atoms with van der Waals surface area (Å²) in [6, 6.07) is 2.08. The lowest BCUT2D eigenvalue weighted by molar-refractivity contribution is 0.276. The average Bonchev–Trinajstić information content (AvgIpc) is 2.37. The van der Waals surface area contributed by atoms with Crippen LogP contribution >= 0.6 is 0 Å². The Morgan fingerprint density at radius 3 is 2.90 bits per heavy atom. The van der Waals surface area contributed by atoms with E-state index < -0.39 is 0 Å². The summed E-state index contributed by atoms with van der Waals surface area (Å²) in [6.07, 6.45) is 5.13. The van der Waals surface area contributed by atoms with Crippen molar-refractivity contribution in [3.63, 3.8) is 0 Å². The van der Waals surface area contributed by atoms with Gasteiger partial charge in [0.05, 0.1) is 6.61 Å². The van der Waals surface area contributed by atoms with Crippen LogP contribution in [0.3, 0.4) is 0 Å². The molecule has 0 atom stereocenters. The SMILES string of the molecule is CCc1ccn(CCO)c1. The summed E-state index contributed by atoms with van der Waals surface area (Å²) in [5, 5.41) is 8.58. The van der Waals surface area contributed by atoms with Crippen LogP contribution in [0.1, 0.15) is 12.5 Å². The van der Waals surface area contributed by atoms with Crippen LogP contribution in [-0.4, -0.2) is 16.3 Å². The molecule has 0 saturated heterocycles. The van der Waals surface area contributed by atoms with Crippen molar-refractivity contribution in [3.8, 4) is 0 Å². The van der Waals surface area contributed by atoms with E-state index in [-0.39, 0.29) is 6.61 Å². The molecule has 0 radical (unpaired) electrons. The average molecular weight is 139 g/mol. The van der Waals surface area contributed by atoms with Gasteiger partial charge in [0.15, 0.2) is 0 Å². The van der Waals surface area contributed by atoms with Gasteiger partial charge in [0.1, 0.15) is 0 Å². The van der Waals surface area contributed by atoms with Gasteiger partial charge in [0, 0.05) is 18.9 Å². The van der Waals surface area contributed by atoms with E-state index in [1.807, 2.05) is 10.8 Å². The second kappa shape index (κ2) is 3.42. The van der Waals surface area contributed by atoms with E-state index in [9.17, 15) is 0 Å². The second-order valence-electron chi connectivity index (χ2n) is 2.33. The van der Waals surface area contributed by atoms with Crippen molar-refractivity contribution in [1.29, 1.82) is 0 Å². The quantitative estimate of drug-likeness (QED) is 0.665. The Bertz CT molecular complexity index is 193. The van der Waals surface area contributed by atoms with E-state index in [2.05, 4.69) is 19.2 Å². The molecule has 0 aliphatic heterocycles. The summed E-state index contributed by atoms with van der Waals surface area (Å²) in [7, 11) is 0. The summed E-state index contributed by atoms with van der Waals surface area (Å²) >= 11 is 0. The molecule has 1 aromatic rings. The molecule has 56 valence electrons. The van der Waals surface area contributed by atoms with Crippen molar-refractivity contribution in [2.45, 2.75) is 19.9 Å². The van der Waals surface area contributed by atoms with E-state index >= 15 is 0 Å². The number of aliphatic hydroxyl groups excluding tert-OH is 1. The summed E-state index contributed by atoms with van der Waals surface area (Å²) in [6.45, 7) is 3.05. The largest absolute Gasteiger partial charge is 0.395 e. The lowest BCUT2D eigenvalue weighted by Gasteiger charge is -1.95. The van der Waals surface area contributed by atoms with Crippen LogP contribution in [0.4, 0.5) is 0 Å². The first kappa shape index (κ1) is 7.35. The number of nitrogens with zero attached hydrogens (tertiary/aromatic N) is 1. The molecule has 0 unspecified atom stereocenters. The van der Waals surface area contributed by atoms with Gasteiger partial charge in [-0.3, -0.25) is 0 Å². The van der Waals surface area contributed by atoms with E-state index in [1.54, 1.807) is 0 Å². The highest BCUT2D eigenvalue weighted by Crippen LogP contribution is 2.00. The third kappa shape index (κ3) is 1.61. The van der Waals surface area contributed by atoms with Crippen LogP contribution in [0.2, 0.25) is 0 Å². The number of aryl methyl sites for hydroxylation is 1. The molecule has 0 spiro atoms. The molecule has 10 heavy (non-hydrogen) atoms. The van der Waals surface area contributed by atoms with Gasteiger partial charge in [-0.25, -0.2) is 0 Å². The minimum Gasteiger partial charge on any atom is -0.395 e. The molecular weight excluding hydrogens is 126 g/mol. The maximum Gasteiger partial charge on any atom is 0.0610 e. The molecule has 0 aliphatic carbocycles. The van der Waals surface area contributed by atoms with Gasteiger partial charge in [-0.1, -0.05) is 6.92 Å². The predicted octanol–water partition coefficient (Wildman–Crippen LogP) is 1.04. The number of aliphatic hydroxyl groups is 1. The number of rotatable bonds is 3. The fourth-order valence-corrected chi connectivity index (χ4v) is 0.954. The van der Waals surface area contributed by atoms with Gasteiger partial charge in [-0.15, -0.1) is 0 Å². The molecule has 0 aromatic carbocycles. The summed E-state index contributed by atoms with van der Waals surface area (Å²) in [4.78, 5) is 0. The summed E-state index contributed by atoms with van der Waals surface area (Å²) in [5.41, 5.74) is 1.33. The lowest BCUT2D eigenvalue weighted by atomic mass is 10.3. The highest BCUT2D eigenvalue weighted by Gasteiger charge is 1.91. The highest BCUT2D eigenvalue weighted by atomic mass is 16.3. The van der Waals surface area contributed by atoms with Crippen LogP contribution in [0.25, 0.3) is 0 Å². The van der Waals surface area contributed by atoms with Crippen molar-refractivity contribution >= 4 is 0 Å². The smallest absolute Gasteiger partial charge is 0.0610 e. The Labute approximate surface area is 61.1 Å². The third-order valence-electron chi connectivity index (χ3n) is 1.58. The first-order chi connectivity index (χ1) is 4.86. The van der Waals surface area contributed by atoms with Crippen LogP contribution < -0.4 is 0 Å². The maximum absolute atomic E-state index is 8.58. The predicted molar refractivity (Wildman–Crippen MR) is 40.9 cm³/mol. The monoisotopic (exact) mass is 139 g/mol. The number of hydrogen-bond acceptors (Lipinski definition) is 1. The summed E-state index contributed by atoms with van der Waals surface area (Å²) < 4.78 is 2.00. The van der Waals surface area contributed by atoms with Crippen LogP contribution in [0.5, 0.6) is 0 Å². The van der Waals surface area contributed by atoms with Crippen molar-refractivity contribution in [3.05, 3.63) is 24.0 Å². The van der Waals surface area contributed by atoms with Crippen LogP contribution in [0.15, 0.2) is 18.5 Å². The van der Waals surface area contributed by atoms with Crippen LogP contribution in [0, 0.1) is 0 Å². The van der Waals surface area contributed by atoms with Crippen LogP contribution in [-0.2, 0) is 13.0 Å². The van der Waals surface area contributed by atoms with Gasteiger partial charge in [-0.05, 0) is 18.1 Å². The molecule has 2 heteroatoms. The van der Waals surface area contributed by atoms with Gasteiger partial charge in [-0.2, -0.15) is 0 Å². The molecule has 1 heterocycles. The topological polar surface area (TPSA) is 25.2 Å². The van der Waals surface area contributed by atoms with E-state index in [0.29, 0.717) is 6.54 Å². The lowest BCUT2D eigenvalue weighted by Crippen LogP contribution is -1.97. The molecule has 1 N–H and O–H groups in total. The molecule has 0 aliphatic rings. The van der Waals surface area contributed by atoms with Crippen molar-refractivity contribution < 1.29 is 5.11 Å². The maximum atomic E-state index is 8.58. The van der Waals surface area contributed by atoms with Crippen molar-refractivity contribution in [2.75, 3.05) is 6.61 Å². The minimum atomic E-state index is 0.220. The molecule has 1 rings (SSSR count). The molecule has 0 saturated carbocycles.